The van der Waals surface area contributed by atoms with Gasteiger partial charge in [-0.25, -0.2) is 13.4 Å². The largest absolute Gasteiger partial charge is 0.368 e. The number of pyridine rings is 1. The van der Waals surface area contributed by atoms with Crippen molar-refractivity contribution >= 4 is 38.3 Å². The molecule has 3 heterocycles. The molecule has 4 rings (SSSR count). The number of aromatic nitrogens is 2. The maximum Gasteiger partial charge on any atom is 0.245 e. The van der Waals surface area contributed by atoms with Gasteiger partial charge in [-0.1, -0.05) is 37.6 Å². The molecule has 0 atom stereocenters. The zero-order valence-electron chi connectivity index (χ0n) is 16.6. The Morgan fingerprint density at radius 2 is 1.79 bits per heavy atom. The molecular formula is C21H25ClN4O2S. The van der Waals surface area contributed by atoms with E-state index in [1.54, 1.807) is 22.8 Å². The second kappa shape index (κ2) is 7.97. The first-order valence-electron chi connectivity index (χ1n) is 9.81. The van der Waals surface area contributed by atoms with Crippen molar-refractivity contribution in [1.29, 1.82) is 0 Å². The number of nitrogens with zero attached hydrogens (tertiary/aromatic N) is 4. The van der Waals surface area contributed by atoms with Crippen LogP contribution in [0.15, 0.2) is 53.7 Å². The lowest BCUT2D eigenvalue weighted by molar-refractivity contribution is 0.385. The van der Waals surface area contributed by atoms with Crippen LogP contribution < -0.4 is 4.90 Å². The maximum atomic E-state index is 13.5. The number of para-hydroxylation sites is 1. The van der Waals surface area contributed by atoms with Crippen LogP contribution in [0, 0.1) is 5.92 Å². The Kier molecular flexibility index (Phi) is 5.55. The Labute approximate surface area is 176 Å². The second-order valence-corrected chi connectivity index (χ2v) is 10.1. The van der Waals surface area contributed by atoms with E-state index in [1.165, 1.54) is 0 Å². The van der Waals surface area contributed by atoms with Gasteiger partial charge in [-0.3, -0.25) is 0 Å². The molecule has 1 fully saturated rings. The Balaban J connectivity index is 1.61. The summed E-state index contributed by atoms with van der Waals surface area (Å²) in [5, 5.41) is 1.37. The van der Waals surface area contributed by atoms with Crippen molar-refractivity contribution in [2.75, 3.05) is 31.1 Å². The Morgan fingerprint density at radius 3 is 2.48 bits per heavy atom. The summed E-state index contributed by atoms with van der Waals surface area (Å²) < 4.78 is 30.4. The van der Waals surface area contributed by atoms with Crippen molar-refractivity contribution in [1.82, 2.24) is 13.9 Å². The van der Waals surface area contributed by atoms with Gasteiger partial charge in [0, 0.05) is 50.5 Å². The van der Waals surface area contributed by atoms with Gasteiger partial charge in [-0.05, 0) is 30.2 Å². The molecule has 6 nitrogen and oxygen atoms in total. The highest BCUT2D eigenvalue weighted by Crippen LogP contribution is 2.30. The molecule has 1 aromatic carbocycles. The lowest BCUT2D eigenvalue weighted by atomic mass is 10.2. The fraction of sp³-hybridized carbons (Fsp3) is 0.381. The molecule has 0 amide bonds. The summed E-state index contributed by atoms with van der Waals surface area (Å²) in [4.78, 5) is 6.91. The topological polar surface area (TPSA) is 58.4 Å². The van der Waals surface area contributed by atoms with E-state index in [9.17, 15) is 8.42 Å². The van der Waals surface area contributed by atoms with Gasteiger partial charge in [-0.2, -0.15) is 4.31 Å². The second-order valence-electron chi connectivity index (χ2n) is 7.76. The highest BCUT2D eigenvalue weighted by molar-refractivity contribution is 7.89. The van der Waals surface area contributed by atoms with Gasteiger partial charge in [-0.15, -0.1) is 0 Å². The van der Waals surface area contributed by atoms with Crippen molar-refractivity contribution in [2.24, 2.45) is 5.92 Å². The molecule has 0 unspecified atom stereocenters. The number of anilines is 1. The first-order valence-corrected chi connectivity index (χ1v) is 11.6. The van der Waals surface area contributed by atoms with Crippen LogP contribution in [0.1, 0.15) is 13.8 Å². The first-order chi connectivity index (χ1) is 13.9. The van der Waals surface area contributed by atoms with Crippen LogP contribution in [0.3, 0.4) is 0 Å². The van der Waals surface area contributed by atoms with Crippen molar-refractivity contribution in [3.63, 3.8) is 0 Å². The van der Waals surface area contributed by atoms with E-state index in [1.807, 2.05) is 34.9 Å². The SMILES string of the molecule is CC(C)Cn1cc(S(=O)(=O)N2CCN(c3ccccc3Cl)CC2)c2cccnc21. The van der Waals surface area contributed by atoms with Crippen LogP contribution in [0.5, 0.6) is 0 Å². The fourth-order valence-corrected chi connectivity index (χ4v) is 5.72. The Bertz CT molecular complexity index is 1120. The van der Waals surface area contributed by atoms with E-state index in [2.05, 4.69) is 23.7 Å². The molecule has 0 radical (unpaired) electrons. The van der Waals surface area contributed by atoms with E-state index < -0.39 is 10.0 Å². The molecule has 0 spiro atoms. The molecular weight excluding hydrogens is 408 g/mol. The summed E-state index contributed by atoms with van der Waals surface area (Å²) in [6.45, 7) is 6.99. The predicted molar refractivity (Wildman–Crippen MR) is 117 cm³/mol. The number of rotatable bonds is 5. The molecule has 8 heteroatoms. The lowest BCUT2D eigenvalue weighted by Crippen LogP contribution is -2.48. The molecule has 1 aliphatic rings. The molecule has 3 aromatic rings. The van der Waals surface area contributed by atoms with Gasteiger partial charge in [0.1, 0.15) is 10.5 Å². The summed E-state index contributed by atoms with van der Waals surface area (Å²) in [5.74, 6) is 0.391. The minimum absolute atomic E-state index is 0.340. The van der Waals surface area contributed by atoms with Crippen LogP contribution in [0.2, 0.25) is 5.02 Å². The summed E-state index contributed by atoms with van der Waals surface area (Å²) >= 11 is 6.31. The summed E-state index contributed by atoms with van der Waals surface area (Å²) in [6, 6.07) is 11.3. The number of piperazine rings is 1. The smallest absolute Gasteiger partial charge is 0.245 e. The summed E-state index contributed by atoms with van der Waals surface area (Å²) in [6.07, 6.45) is 3.45. The number of halogens is 1. The standard InChI is InChI=1S/C21H25ClN4O2S/c1-16(2)14-25-15-20(17-6-5-9-23-21(17)25)29(27,28)26-12-10-24(11-13-26)19-8-4-3-7-18(19)22/h3-9,15-16H,10-14H2,1-2H3. The molecule has 0 saturated carbocycles. The van der Waals surface area contributed by atoms with Crippen LogP contribution in [0.4, 0.5) is 5.69 Å². The average molecular weight is 433 g/mol. The fourth-order valence-electron chi connectivity index (χ4n) is 3.85. The van der Waals surface area contributed by atoms with E-state index in [0.717, 1.165) is 17.9 Å². The highest BCUT2D eigenvalue weighted by Gasteiger charge is 2.32. The number of hydrogen-bond donors (Lipinski definition) is 0. The van der Waals surface area contributed by atoms with Gasteiger partial charge >= 0.3 is 0 Å². The number of benzene rings is 1. The first kappa shape index (κ1) is 20.2. The third-order valence-corrected chi connectivity index (χ3v) is 7.45. The Morgan fingerprint density at radius 1 is 1.07 bits per heavy atom. The van der Waals surface area contributed by atoms with Crippen LogP contribution >= 0.6 is 11.6 Å². The lowest BCUT2D eigenvalue weighted by Gasteiger charge is -2.35. The van der Waals surface area contributed by atoms with Crippen LogP contribution in [0.25, 0.3) is 11.0 Å². The average Bonchev–Trinajstić information content (AvgIpc) is 3.07. The van der Waals surface area contributed by atoms with E-state index in [4.69, 9.17) is 11.6 Å². The van der Waals surface area contributed by atoms with Gasteiger partial charge in [0.05, 0.1) is 10.7 Å². The van der Waals surface area contributed by atoms with Crippen LogP contribution in [-0.2, 0) is 16.6 Å². The quantitative estimate of drug-likeness (QED) is 0.614. The van der Waals surface area contributed by atoms with Gasteiger partial charge in [0.25, 0.3) is 0 Å². The maximum absolute atomic E-state index is 13.5. The molecule has 0 bridgehead atoms. The van der Waals surface area contributed by atoms with Gasteiger partial charge in [0.2, 0.25) is 10.0 Å². The zero-order valence-corrected chi connectivity index (χ0v) is 18.2. The van der Waals surface area contributed by atoms with Gasteiger partial charge < -0.3 is 9.47 Å². The van der Waals surface area contributed by atoms with Crippen LogP contribution in [-0.4, -0.2) is 48.5 Å². The third kappa shape index (κ3) is 3.86. The molecule has 0 aliphatic carbocycles. The molecule has 2 aromatic heterocycles. The van der Waals surface area contributed by atoms with Crippen molar-refractivity contribution < 1.29 is 8.42 Å². The monoisotopic (exact) mass is 432 g/mol. The van der Waals surface area contributed by atoms with Gasteiger partial charge in [0.15, 0.2) is 0 Å². The Hall–Kier alpha value is -2.09. The van der Waals surface area contributed by atoms with E-state index in [-0.39, 0.29) is 0 Å². The van der Waals surface area contributed by atoms with E-state index >= 15 is 0 Å². The highest BCUT2D eigenvalue weighted by atomic mass is 35.5. The summed E-state index contributed by atoms with van der Waals surface area (Å²) in [7, 11) is -3.61. The molecule has 29 heavy (non-hydrogen) atoms. The number of hydrogen-bond acceptors (Lipinski definition) is 4. The normalized spacial score (nSPS) is 16.1. The molecule has 0 N–H and O–H groups in total. The minimum atomic E-state index is -3.61. The molecule has 1 saturated heterocycles. The van der Waals surface area contributed by atoms with E-state index in [0.29, 0.717) is 47.4 Å². The number of sulfonamides is 1. The third-order valence-electron chi connectivity index (χ3n) is 5.21. The van der Waals surface area contributed by atoms with Crippen molar-refractivity contribution in [3.05, 3.63) is 53.8 Å². The molecule has 154 valence electrons. The van der Waals surface area contributed by atoms with Crippen molar-refractivity contribution in [3.8, 4) is 0 Å². The summed E-state index contributed by atoms with van der Waals surface area (Å²) in [5.41, 5.74) is 1.67. The zero-order chi connectivity index (χ0) is 20.6. The van der Waals surface area contributed by atoms with Crippen molar-refractivity contribution in [2.45, 2.75) is 25.3 Å². The predicted octanol–water partition coefficient (Wildman–Crippen LogP) is 3.86. The minimum Gasteiger partial charge on any atom is -0.368 e. The molecule has 1 aliphatic heterocycles. The number of fused-ring (bicyclic) bond motifs is 1.